The summed E-state index contributed by atoms with van der Waals surface area (Å²) in [6.45, 7) is 5.25. The third-order valence-electron chi connectivity index (χ3n) is 3.07. The fourth-order valence-corrected chi connectivity index (χ4v) is 1.86. The molecule has 1 heterocycles. The first kappa shape index (κ1) is 14.5. The Morgan fingerprint density at radius 2 is 2.05 bits per heavy atom. The van der Waals surface area contributed by atoms with Gasteiger partial charge in [-0.1, -0.05) is 12.1 Å². The highest BCUT2D eigenvalue weighted by Gasteiger charge is 2.03. The minimum atomic E-state index is -0.216. The third kappa shape index (κ3) is 4.03. The molecule has 2 aromatic rings. The summed E-state index contributed by atoms with van der Waals surface area (Å²) >= 11 is 0. The Morgan fingerprint density at radius 3 is 2.75 bits per heavy atom. The molecule has 5 nitrogen and oxygen atoms in total. The van der Waals surface area contributed by atoms with Gasteiger partial charge in [0.1, 0.15) is 5.82 Å². The molecule has 0 aliphatic carbocycles. The molecular weight excluding hydrogens is 257 g/mol. The van der Waals surface area contributed by atoms with E-state index in [-0.39, 0.29) is 5.82 Å². The first-order valence-electron chi connectivity index (χ1n) is 6.75. The molecule has 0 fully saturated rings. The average molecular weight is 277 g/mol. The first-order chi connectivity index (χ1) is 9.69. The smallest absolute Gasteiger partial charge is 0.123 e. The molecule has 0 saturated carbocycles. The van der Waals surface area contributed by atoms with Gasteiger partial charge in [0.15, 0.2) is 0 Å². The minimum Gasteiger partial charge on any atom is -0.373 e. The molecule has 20 heavy (non-hydrogen) atoms. The number of hydrogen-bond donors (Lipinski definition) is 1. The van der Waals surface area contributed by atoms with Gasteiger partial charge in [0.25, 0.3) is 0 Å². The number of halogens is 1. The van der Waals surface area contributed by atoms with Crippen molar-refractivity contribution in [3.05, 3.63) is 42.0 Å². The van der Waals surface area contributed by atoms with Crippen LogP contribution in [0.2, 0.25) is 0 Å². The van der Waals surface area contributed by atoms with Crippen molar-refractivity contribution in [1.29, 1.82) is 0 Å². The highest BCUT2D eigenvalue weighted by Crippen LogP contribution is 2.12. The molecule has 0 aliphatic heterocycles. The molecule has 6 heteroatoms. The topological polar surface area (TPSA) is 46.0 Å². The van der Waals surface area contributed by atoms with Crippen molar-refractivity contribution in [2.24, 2.45) is 0 Å². The number of hydrogen-bond acceptors (Lipinski definition) is 4. The van der Waals surface area contributed by atoms with E-state index < -0.39 is 0 Å². The van der Waals surface area contributed by atoms with E-state index in [0.717, 1.165) is 37.6 Å². The minimum absolute atomic E-state index is 0.216. The van der Waals surface area contributed by atoms with Crippen molar-refractivity contribution >= 4 is 5.69 Å². The van der Waals surface area contributed by atoms with Crippen LogP contribution in [0, 0.1) is 5.82 Å². The Kier molecular flexibility index (Phi) is 5.06. The van der Waals surface area contributed by atoms with Crippen LogP contribution >= 0.6 is 0 Å². The number of rotatable bonds is 7. The molecule has 1 N–H and O–H groups in total. The maximum absolute atomic E-state index is 12.9. The van der Waals surface area contributed by atoms with Gasteiger partial charge in [0.05, 0.1) is 12.2 Å². The van der Waals surface area contributed by atoms with Crippen LogP contribution in [0.3, 0.4) is 0 Å². The number of nitrogens with zero attached hydrogens (tertiary/aromatic N) is 4. The number of anilines is 1. The summed E-state index contributed by atoms with van der Waals surface area (Å²) in [6.07, 6.45) is 1.95. The number of aromatic nitrogens is 3. The summed E-state index contributed by atoms with van der Waals surface area (Å²) in [5.74, 6) is -0.216. The molecule has 0 amide bonds. The molecule has 108 valence electrons. The molecule has 1 aromatic carbocycles. The SMILES string of the molecule is CCNCc1cn(CCN(C)c2ccc(F)cc2)nn1. The molecule has 2 rings (SSSR count). The van der Waals surface area contributed by atoms with E-state index in [9.17, 15) is 4.39 Å². The van der Waals surface area contributed by atoms with Crippen LogP contribution in [0.1, 0.15) is 12.6 Å². The lowest BCUT2D eigenvalue weighted by Crippen LogP contribution is -2.22. The summed E-state index contributed by atoms with van der Waals surface area (Å²) in [6, 6.07) is 6.48. The van der Waals surface area contributed by atoms with E-state index >= 15 is 0 Å². The van der Waals surface area contributed by atoms with E-state index in [2.05, 4.69) is 27.5 Å². The zero-order chi connectivity index (χ0) is 14.4. The second-order valence-corrected chi connectivity index (χ2v) is 4.65. The van der Waals surface area contributed by atoms with Crippen LogP contribution in [-0.4, -0.2) is 35.1 Å². The average Bonchev–Trinajstić information content (AvgIpc) is 2.91. The maximum Gasteiger partial charge on any atom is 0.123 e. The Bertz CT molecular complexity index is 523. The Balaban J connectivity index is 1.85. The number of nitrogens with one attached hydrogen (secondary N) is 1. The van der Waals surface area contributed by atoms with Crippen LogP contribution in [0.15, 0.2) is 30.5 Å². The quantitative estimate of drug-likeness (QED) is 0.836. The van der Waals surface area contributed by atoms with Crippen LogP contribution < -0.4 is 10.2 Å². The largest absolute Gasteiger partial charge is 0.373 e. The van der Waals surface area contributed by atoms with Crippen molar-refractivity contribution in [3.63, 3.8) is 0 Å². The molecule has 1 aromatic heterocycles. The van der Waals surface area contributed by atoms with E-state index in [1.165, 1.54) is 12.1 Å². The normalized spacial score (nSPS) is 10.8. The predicted octanol–water partition coefficient (Wildman–Crippen LogP) is 1.66. The van der Waals surface area contributed by atoms with Gasteiger partial charge in [-0.15, -0.1) is 5.10 Å². The highest BCUT2D eigenvalue weighted by atomic mass is 19.1. The van der Waals surface area contributed by atoms with Gasteiger partial charge >= 0.3 is 0 Å². The molecule has 0 radical (unpaired) electrons. The van der Waals surface area contributed by atoms with Crippen LogP contribution in [0.4, 0.5) is 10.1 Å². The van der Waals surface area contributed by atoms with Gasteiger partial charge in [-0.05, 0) is 30.8 Å². The summed E-state index contributed by atoms with van der Waals surface area (Å²) in [5, 5.41) is 11.4. The Labute approximate surface area is 118 Å². The molecule has 0 saturated heterocycles. The van der Waals surface area contributed by atoms with Crippen molar-refractivity contribution < 1.29 is 4.39 Å². The third-order valence-corrected chi connectivity index (χ3v) is 3.07. The molecular formula is C14H20FN5. The second-order valence-electron chi connectivity index (χ2n) is 4.65. The van der Waals surface area contributed by atoms with Crippen LogP contribution in [-0.2, 0) is 13.1 Å². The first-order valence-corrected chi connectivity index (χ1v) is 6.75. The summed E-state index contributed by atoms with van der Waals surface area (Å²) < 4.78 is 14.7. The van der Waals surface area contributed by atoms with E-state index in [1.54, 1.807) is 12.1 Å². The van der Waals surface area contributed by atoms with E-state index in [1.807, 2.05) is 17.9 Å². The van der Waals surface area contributed by atoms with Gasteiger partial charge in [-0.3, -0.25) is 4.68 Å². The highest BCUT2D eigenvalue weighted by molar-refractivity contribution is 5.45. The predicted molar refractivity (Wildman–Crippen MR) is 77.1 cm³/mol. The Morgan fingerprint density at radius 1 is 1.30 bits per heavy atom. The Hall–Kier alpha value is -1.95. The van der Waals surface area contributed by atoms with Gasteiger partial charge in [-0.2, -0.15) is 0 Å². The molecule has 0 bridgehead atoms. The van der Waals surface area contributed by atoms with Crippen molar-refractivity contribution in [3.8, 4) is 0 Å². The fourth-order valence-electron chi connectivity index (χ4n) is 1.86. The van der Waals surface area contributed by atoms with Gasteiger partial charge in [-0.25, -0.2) is 4.39 Å². The summed E-state index contributed by atoms with van der Waals surface area (Å²) in [4.78, 5) is 2.06. The molecule has 0 aliphatic rings. The van der Waals surface area contributed by atoms with Crippen molar-refractivity contribution in [1.82, 2.24) is 20.3 Å². The van der Waals surface area contributed by atoms with Crippen LogP contribution in [0.5, 0.6) is 0 Å². The standard InChI is InChI=1S/C14H20FN5/c1-3-16-10-13-11-20(18-17-13)9-8-19(2)14-6-4-12(15)5-7-14/h4-7,11,16H,3,8-10H2,1-2H3. The monoisotopic (exact) mass is 277 g/mol. The van der Waals surface area contributed by atoms with Gasteiger partial charge in [0.2, 0.25) is 0 Å². The lowest BCUT2D eigenvalue weighted by molar-refractivity contribution is 0.586. The lowest BCUT2D eigenvalue weighted by atomic mass is 10.3. The van der Waals surface area contributed by atoms with Gasteiger partial charge < -0.3 is 10.2 Å². The van der Waals surface area contributed by atoms with Crippen molar-refractivity contribution in [2.75, 3.05) is 25.0 Å². The number of benzene rings is 1. The maximum atomic E-state index is 12.9. The van der Waals surface area contributed by atoms with E-state index in [4.69, 9.17) is 0 Å². The van der Waals surface area contributed by atoms with Gasteiger partial charge in [0, 0.05) is 32.0 Å². The van der Waals surface area contributed by atoms with Crippen LogP contribution in [0.25, 0.3) is 0 Å². The molecule has 0 spiro atoms. The number of likely N-dealkylation sites (N-methyl/N-ethyl adjacent to an activating group) is 1. The van der Waals surface area contributed by atoms with E-state index in [0.29, 0.717) is 0 Å². The summed E-state index contributed by atoms with van der Waals surface area (Å²) in [5.41, 5.74) is 1.93. The lowest BCUT2D eigenvalue weighted by Gasteiger charge is -2.18. The molecule has 0 atom stereocenters. The van der Waals surface area contributed by atoms with Crippen molar-refractivity contribution in [2.45, 2.75) is 20.0 Å². The zero-order valence-electron chi connectivity index (χ0n) is 11.9. The zero-order valence-corrected chi connectivity index (χ0v) is 11.9. The second kappa shape index (κ2) is 7.00. The summed E-state index contributed by atoms with van der Waals surface area (Å²) in [7, 11) is 1.98. The molecule has 0 unspecified atom stereocenters. The fraction of sp³-hybridized carbons (Fsp3) is 0.429.